The van der Waals surface area contributed by atoms with Crippen molar-refractivity contribution in [3.63, 3.8) is 0 Å². The van der Waals surface area contributed by atoms with Crippen LogP contribution >= 0.6 is 11.6 Å². The van der Waals surface area contributed by atoms with Gasteiger partial charge in [0, 0.05) is 0 Å². The molecule has 8 heteroatoms. The predicted octanol–water partition coefficient (Wildman–Crippen LogP) is 1.62. The van der Waals surface area contributed by atoms with E-state index in [1.54, 1.807) is 0 Å². The quantitative estimate of drug-likeness (QED) is 0.866. The molecule has 0 heterocycles. The summed E-state index contributed by atoms with van der Waals surface area (Å²) in [7, 11) is -4.25. The molecule has 19 heavy (non-hydrogen) atoms. The maximum absolute atomic E-state index is 13.7. The summed E-state index contributed by atoms with van der Waals surface area (Å²) in [4.78, 5) is 10.3. The number of carboxylic acids is 1. The summed E-state index contributed by atoms with van der Waals surface area (Å²) in [5.74, 6) is -2.60. The SMILES string of the molecule is O=C(O)C(NS(=O)(=O)c1cccc(Cl)c1F)C1CC1. The normalized spacial score (nSPS) is 17.2. The van der Waals surface area contributed by atoms with Crippen LogP contribution in [0.25, 0.3) is 0 Å². The van der Waals surface area contributed by atoms with E-state index in [2.05, 4.69) is 0 Å². The monoisotopic (exact) mass is 307 g/mol. The first-order chi connectivity index (χ1) is 8.83. The molecule has 1 aromatic carbocycles. The molecular weight excluding hydrogens is 297 g/mol. The van der Waals surface area contributed by atoms with Crippen molar-refractivity contribution in [2.75, 3.05) is 0 Å². The molecule has 0 aliphatic heterocycles. The predicted molar refractivity (Wildman–Crippen MR) is 65.9 cm³/mol. The Labute approximate surface area is 114 Å². The van der Waals surface area contributed by atoms with Gasteiger partial charge < -0.3 is 5.11 Å². The molecule has 104 valence electrons. The largest absolute Gasteiger partial charge is 0.480 e. The van der Waals surface area contributed by atoms with E-state index in [9.17, 15) is 17.6 Å². The molecule has 1 saturated carbocycles. The molecule has 5 nitrogen and oxygen atoms in total. The van der Waals surface area contributed by atoms with E-state index in [1.165, 1.54) is 12.1 Å². The van der Waals surface area contributed by atoms with Crippen LogP contribution in [-0.2, 0) is 14.8 Å². The lowest BCUT2D eigenvalue weighted by Gasteiger charge is -2.14. The molecule has 1 aromatic rings. The molecule has 0 amide bonds. The van der Waals surface area contributed by atoms with Gasteiger partial charge in [0.1, 0.15) is 10.9 Å². The molecule has 1 aliphatic rings. The van der Waals surface area contributed by atoms with Crippen molar-refractivity contribution >= 4 is 27.6 Å². The van der Waals surface area contributed by atoms with E-state index in [1.807, 2.05) is 4.72 Å². The van der Waals surface area contributed by atoms with Gasteiger partial charge in [-0.05, 0) is 30.9 Å². The zero-order valence-corrected chi connectivity index (χ0v) is 11.2. The summed E-state index contributed by atoms with van der Waals surface area (Å²) in [6.07, 6.45) is 1.27. The minimum Gasteiger partial charge on any atom is -0.480 e. The van der Waals surface area contributed by atoms with Gasteiger partial charge in [0.2, 0.25) is 10.0 Å². The second kappa shape index (κ2) is 5.07. The van der Waals surface area contributed by atoms with Crippen LogP contribution < -0.4 is 4.72 Å². The second-order valence-electron chi connectivity index (χ2n) is 4.33. The topological polar surface area (TPSA) is 83.5 Å². The van der Waals surface area contributed by atoms with Gasteiger partial charge in [-0.1, -0.05) is 17.7 Å². The Morgan fingerprint density at radius 1 is 1.47 bits per heavy atom. The van der Waals surface area contributed by atoms with Crippen LogP contribution in [0.5, 0.6) is 0 Å². The van der Waals surface area contributed by atoms with Gasteiger partial charge in [0.25, 0.3) is 0 Å². The van der Waals surface area contributed by atoms with Crippen LogP contribution in [0, 0.1) is 11.7 Å². The van der Waals surface area contributed by atoms with Crippen molar-refractivity contribution in [2.24, 2.45) is 5.92 Å². The van der Waals surface area contributed by atoms with Gasteiger partial charge in [-0.3, -0.25) is 4.79 Å². The molecule has 2 rings (SSSR count). The van der Waals surface area contributed by atoms with Crippen molar-refractivity contribution < 1.29 is 22.7 Å². The molecule has 2 N–H and O–H groups in total. The highest BCUT2D eigenvalue weighted by Crippen LogP contribution is 2.33. The van der Waals surface area contributed by atoms with Gasteiger partial charge in [0.15, 0.2) is 5.82 Å². The van der Waals surface area contributed by atoms with E-state index in [0.29, 0.717) is 12.8 Å². The summed E-state index contributed by atoms with van der Waals surface area (Å²) in [5, 5.41) is 8.64. The van der Waals surface area contributed by atoms with Crippen molar-refractivity contribution in [1.29, 1.82) is 0 Å². The summed E-state index contributed by atoms with van der Waals surface area (Å²) >= 11 is 5.51. The first kappa shape index (κ1) is 14.2. The number of sulfonamides is 1. The van der Waals surface area contributed by atoms with Gasteiger partial charge in [0.05, 0.1) is 5.02 Å². The third-order valence-electron chi connectivity index (χ3n) is 2.85. The van der Waals surface area contributed by atoms with Crippen LogP contribution in [0.2, 0.25) is 5.02 Å². The number of halogens is 2. The number of carboxylic acid groups (broad SMARTS) is 1. The molecule has 1 atom stereocenters. The Bertz CT molecular complexity index is 615. The first-order valence-corrected chi connectivity index (χ1v) is 7.38. The first-order valence-electron chi connectivity index (χ1n) is 5.52. The fraction of sp³-hybridized carbons (Fsp3) is 0.364. The van der Waals surface area contributed by atoms with Crippen LogP contribution in [0.4, 0.5) is 4.39 Å². The van der Waals surface area contributed by atoms with E-state index in [0.717, 1.165) is 6.07 Å². The molecule has 1 unspecified atom stereocenters. The number of hydrogen-bond donors (Lipinski definition) is 2. The minimum absolute atomic E-state index is 0.241. The van der Waals surface area contributed by atoms with Crippen LogP contribution in [0.1, 0.15) is 12.8 Å². The van der Waals surface area contributed by atoms with Crippen molar-refractivity contribution in [3.8, 4) is 0 Å². The fourth-order valence-corrected chi connectivity index (χ4v) is 3.29. The Morgan fingerprint density at radius 3 is 2.63 bits per heavy atom. The highest BCUT2D eigenvalue weighted by molar-refractivity contribution is 7.89. The average Bonchev–Trinajstić information content (AvgIpc) is 3.13. The number of aliphatic carboxylic acids is 1. The number of nitrogens with one attached hydrogen (secondary N) is 1. The summed E-state index contributed by atoms with van der Waals surface area (Å²) < 4.78 is 39.6. The number of benzene rings is 1. The van der Waals surface area contributed by atoms with Crippen molar-refractivity contribution in [1.82, 2.24) is 4.72 Å². The van der Waals surface area contributed by atoms with Gasteiger partial charge in [-0.2, -0.15) is 4.72 Å². The molecule has 1 aliphatic carbocycles. The lowest BCUT2D eigenvalue weighted by Crippen LogP contribution is -2.42. The maximum Gasteiger partial charge on any atom is 0.322 e. The van der Waals surface area contributed by atoms with Gasteiger partial charge in [-0.25, -0.2) is 12.8 Å². The van der Waals surface area contributed by atoms with E-state index < -0.39 is 32.7 Å². The second-order valence-corrected chi connectivity index (χ2v) is 6.42. The molecular formula is C11H11ClFNO4S. The molecule has 0 radical (unpaired) electrons. The van der Waals surface area contributed by atoms with Crippen LogP contribution in [0.15, 0.2) is 23.1 Å². The molecule has 0 aromatic heterocycles. The smallest absolute Gasteiger partial charge is 0.322 e. The Balaban J connectivity index is 2.32. The number of carbonyl (C=O) groups is 1. The maximum atomic E-state index is 13.7. The third kappa shape index (κ3) is 3.05. The zero-order chi connectivity index (χ0) is 14.2. The van der Waals surface area contributed by atoms with E-state index >= 15 is 0 Å². The minimum atomic E-state index is -4.25. The molecule has 0 saturated heterocycles. The Hall–Kier alpha value is -1.18. The van der Waals surface area contributed by atoms with Crippen molar-refractivity contribution in [3.05, 3.63) is 29.0 Å². The molecule has 0 bridgehead atoms. The number of rotatable bonds is 5. The van der Waals surface area contributed by atoms with E-state index in [-0.39, 0.29) is 10.9 Å². The van der Waals surface area contributed by atoms with Crippen LogP contribution in [-0.4, -0.2) is 25.5 Å². The Morgan fingerprint density at radius 2 is 2.11 bits per heavy atom. The standard InChI is InChI=1S/C11H11ClFNO4S/c12-7-2-1-3-8(9(7)13)19(17,18)14-10(11(15)16)6-4-5-6/h1-3,6,10,14H,4-5H2,(H,15,16). The zero-order valence-electron chi connectivity index (χ0n) is 9.64. The fourth-order valence-electron chi connectivity index (χ4n) is 1.70. The molecule has 1 fully saturated rings. The third-order valence-corrected chi connectivity index (χ3v) is 4.60. The lowest BCUT2D eigenvalue weighted by atomic mass is 10.2. The van der Waals surface area contributed by atoms with Crippen LogP contribution in [0.3, 0.4) is 0 Å². The van der Waals surface area contributed by atoms with Gasteiger partial charge >= 0.3 is 5.97 Å². The number of hydrogen-bond acceptors (Lipinski definition) is 3. The summed E-state index contributed by atoms with van der Waals surface area (Å²) in [5.41, 5.74) is 0. The van der Waals surface area contributed by atoms with Crippen molar-refractivity contribution in [2.45, 2.75) is 23.8 Å². The summed E-state index contributed by atoms with van der Waals surface area (Å²) in [6, 6.07) is 2.30. The molecule has 0 spiro atoms. The average molecular weight is 308 g/mol. The highest BCUT2D eigenvalue weighted by atomic mass is 35.5. The highest BCUT2D eigenvalue weighted by Gasteiger charge is 2.39. The lowest BCUT2D eigenvalue weighted by molar-refractivity contribution is -0.139. The Kier molecular flexibility index (Phi) is 3.80. The van der Waals surface area contributed by atoms with Gasteiger partial charge in [-0.15, -0.1) is 0 Å². The summed E-state index contributed by atoms with van der Waals surface area (Å²) in [6.45, 7) is 0. The van der Waals surface area contributed by atoms with E-state index in [4.69, 9.17) is 16.7 Å².